The Morgan fingerprint density at radius 2 is 2.14 bits per heavy atom. The van der Waals surface area contributed by atoms with Crippen LogP contribution in [0.1, 0.15) is 29.2 Å². The van der Waals surface area contributed by atoms with Crippen LogP contribution >= 0.6 is 0 Å². The molecular weight excluding hydrogens is 270 g/mol. The van der Waals surface area contributed by atoms with E-state index in [2.05, 4.69) is 6.07 Å². The second-order valence-electron chi connectivity index (χ2n) is 5.24. The zero-order valence-electron chi connectivity index (χ0n) is 12.0. The average Bonchev–Trinajstić information content (AvgIpc) is 2.87. The lowest BCUT2D eigenvalue weighted by Gasteiger charge is -2.27. The molecule has 1 aromatic carbocycles. The van der Waals surface area contributed by atoms with Crippen LogP contribution in [0.15, 0.2) is 18.2 Å². The van der Waals surface area contributed by atoms with Gasteiger partial charge in [0.25, 0.3) is 0 Å². The van der Waals surface area contributed by atoms with Gasteiger partial charge in [-0.15, -0.1) is 0 Å². The van der Waals surface area contributed by atoms with Gasteiger partial charge in [-0.3, -0.25) is 9.69 Å². The van der Waals surface area contributed by atoms with E-state index in [-0.39, 0.29) is 18.5 Å². The predicted octanol–water partition coefficient (Wildman–Crippen LogP) is 1.61. The first-order valence-electron chi connectivity index (χ1n) is 6.67. The molecular formula is C15H17N3O3. The number of hydrogen-bond acceptors (Lipinski definition) is 3. The van der Waals surface area contributed by atoms with Crippen LogP contribution in [-0.4, -0.2) is 47.5 Å². The molecule has 0 spiro atoms. The summed E-state index contributed by atoms with van der Waals surface area (Å²) in [4.78, 5) is 25.9. The first kappa shape index (κ1) is 14.9. The SMILES string of the molecule is CN(C)C(=O)CN(C(=O)O)C1CCc2c(C#N)cccc21. The van der Waals surface area contributed by atoms with E-state index in [0.717, 1.165) is 16.0 Å². The Balaban J connectivity index is 2.32. The van der Waals surface area contributed by atoms with Gasteiger partial charge in [-0.05, 0) is 30.0 Å². The molecule has 1 unspecified atom stereocenters. The summed E-state index contributed by atoms with van der Waals surface area (Å²) in [6.45, 7) is -0.177. The number of carbonyl (C=O) groups excluding carboxylic acids is 1. The number of rotatable bonds is 3. The van der Waals surface area contributed by atoms with Crippen LogP contribution in [0.3, 0.4) is 0 Å². The van der Waals surface area contributed by atoms with Gasteiger partial charge in [0.05, 0.1) is 17.7 Å². The number of hydrogen-bond donors (Lipinski definition) is 1. The maximum Gasteiger partial charge on any atom is 0.408 e. The van der Waals surface area contributed by atoms with Gasteiger partial charge >= 0.3 is 6.09 Å². The van der Waals surface area contributed by atoms with Gasteiger partial charge in [-0.2, -0.15) is 5.26 Å². The quantitative estimate of drug-likeness (QED) is 0.915. The summed E-state index contributed by atoms with van der Waals surface area (Å²) in [6, 6.07) is 7.09. The predicted molar refractivity (Wildman–Crippen MR) is 75.6 cm³/mol. The lowest BCUT2D eigenvalue weighted by Crippen LogP contribution is -2.41. The minimum absolute atomic E-state index is 0.177. The van der Waals surface area contributed by atoms with Crippen molar-refractivity contribution < 1.29 is 14.7 Å². The summed E-state index contributed by atoms with van der Waals surface area (Å²) in [5.41, 5.74) is 2.32. The molecule has 110 valence electrons. The van der Waals surface area contributed by atoms with E-state index >= 15 is 0 Å². The minimum atomic E-state index is -1.12. The Hall–Kier alpha value is -2.55. The first-order chi connectivity index (χ1) is 9.95. The monoisotopic (exact) mass is 287 g/mol. The molecule has 1 aliphatic carbocycles. The van der Waals surface area contributed by atoms with Crippen molar-refractivity contribution in [2.75, 3.05) is 20.6 Å². The van der Waals surface area contributed by atoms with Crippen LogP contribution in [0.4, 0.5) is 4.79 Å². The third kappa shape index (κ3) is 2.82. The maximum atomic E-state index is 11.8. The van der Waals surface area contributed by atoms with Crippen LogP contribution in [0.25, 0.3) is 0 Å². The minimum Gasteiger partial charge on any atom is -0.465 e. The molecule has 6 nitrogen and oxygen atoms in total. The number of nitrogens with zero attached hydrogens (tertiary/aromatic N) is 3. The highest BCUT2D eigenvalue weighted by Gasteiger charge is 2.33. The second-order valence-corrected chi connectivity index (χ2v) is 5.24. The van der Waals surface area contributed by atoms with Crippen molar-refractivity contribution in [2.45, 2.75) is 18.9 Å². The van der Waals surface area contributed by atoms with Gasteiger partial charge in [0.15, 0.2) is 0 Å². The van der Waals surface area contributed by atoms with Crippen molar-refractivity contribution >= 4 is 12.0 Å². The lowest BCUT2D eigenvalue weighted by atomic mass is 10.0. The van der Waals surface area contributed by atoms with Crippen molar-refractivity contribution in [1.29, 1.82) is 5.26 Å². The molecule has 0 saturated heterocycles. The van der Waals surface area contributed by atoms with Crippen molar-refractivity contribution in [1.82, 2.24) is 9.80 Å². The van der Waals surface area contributed by atoms with Crippen LogP contribution in [0.5, 0.6) is 0 Å². The Labute approximate surface area is 123 Å². The van der Waals surface area contributed by atoms with Crippen LogP contribution < -0.4 is 0 Å². The molecule has 0 fully saturated rings. The molecule has 2 rings (SSSR count). The fraction of sp³-hybridized carbons (Fsp3) is 0.400. The maximum absolute atomic E-state index is 11.8. The summed E-state index contributed by atoms with van der Waals surface area (Å²) in [5, 5.41) is 18.5. The van der Waals surface area contributed by atoms with Crippen molar-refractivity contribution in [3.63, 3.8) is 0 Å². The highest BCUT2D eigenvalue weighted by Crippen LogP contribution is 2.37. The van der Waals surface area contributed by atoms with Gasteiger partial charge in [0, 0.05) is 14.1 Å². The van der Waals surface area contributed by atoms with E-state index in [1.54, 1.807) is 26.2 Å². The van der Waals surface area contributed by atoms with E-state index in [1.165, 1.54) is 4.90 Å². The Kier molecular flexibility index (Phi) is 4.13. The fourth-order valence-corrected chi connectivity index (χ4v) is 2.66. The second kappa shape index (κ2) is 5.83. The summed E-state index contributed by atoms with van der Waals surface area (Å²) in [5.74, 6) is -0.262. The largest absolute Gasteiger partial charge is 0.465 e. The van der Waals surface area contributed by atoms with E-state index < -0.39 is 6.09 Å². The highest BCUT2D eigenvalue weighted by molar-refractivity contribution is 5.81. The van der Waals surface area contributed by atoms with Gasteiger partial charge in [0.2, 0.25) is 5.91 Å². The van der Waals surface area contributed by atoms with Gasteiger partial charge in [-0.25, -0.2) is 4.79 Å². The Bertz CT molecular complexity index is 619. The number of nitriles is 1. The van der Waals surface area contributed by atoms with E-state index in [1.807, 2.05) is 6.07 Å². The summed E-state index contributed by atoms with van der Waals surface area (Å²) >= 11 is 0. The van der Waals surface area contributed by atoms with Crippen molar-refractivity contribution in [2.24, 2.45) is 0 Å². The highest BCUT2D eigenvalue weighted by atomic mass is 16.4. The number of fused-ring (bicyclic) bond motifs is 1. The molecule has 21 heavy (non-hydrogen) atoms. The third-order valence-electron chi connectivity index (χ3n) is 3.79. The zero-order chi connectivity index (χ0) is 15.6. The number of carbonyl (C=O) groups is 2. The van der Waals surface area contributed by atoms with Gasteiger partial charge in [0.1, 0.15) is 6.54 Å². The number of benzene rings is 1. The lowest BCUT2D eigenvalue weighted by molar-refractivity contribution is -0.130. The molecule has 1 atom stereocenters. The summed E-state index contributed by atoms with van der Waals surface area (Å²) < 4.78 is 0. The number of likely N-dealkylation sites (N-methyl/N-ethyl adjacent to an activating group) is 1. The molecule has 1 aliphatic rings. The smallest absolute Gasteiger partial charge is 0.408 e. The van der Waals surface area contributed by atoms with Crippen LogP contribution in [0.2, 0.25) is 0 Å². The van der Waals surface area contributed by atoms with E-state index in [9.17, 15) is 14.7 Å². The molecule has 0 aromatic heterocycles. The molecule has 1 aromatic rings. The summed E-state index contributed by atoms with van der Waals surface area (Å²) in [6.07, 6.45) is 0.135. The molecule has 0 radical (unpaired) electrons. The zero-order valence-corrected chi connectivity index (χ0v) is 12.0. The Morgan fingerprint density at radius 1 is 1.43 bits per heavy atom. The van der Waals surface area contributed by atoms with E-state index in [0.29, 0.717) is 18.4 Å². The van der Waals surface area contributed by atoms with Gasteiger partial charge < -0.3 is 10.0 Å². The Morgan fingerprint density at radius 3 is 2.71 bits per heavy atom. The molecule has 1 N–H and O–H groups in total. The number of carboxylic acid groups (broad SMARTS) is 1. The average molecular weight is 287 g/mol. The van der Waals surface area contributed by atoms with Crippen molar-refractivity contribution in [3.05, 3.63) is 34.9 Å². The normalized spacial score (nSPS) is 16.0. The standard InChI is InChI=1S/C15H17N3O3/c1-17(2)14(19)9-18(15(20)21)13-7-6-11-10(8-16)4-3-5-12(11)13/h3-5,13H,6-7,9H2,1-2H3,(H,20,21). The fourth-order valence-electron chi connectivity index (χ4n) is 2.66. The molecule has 0 aliphatic heterocycles. The van der Waals surface area contributed by atoms with Crippen LogP contribution in [0, 0.1) is 11.3 Å². The van der Waals surface area contributed by atoms with Gasteiger partial charge in [-0.1, -0.05) is 12.1 Å². The molecule has 0 bridgehead atoms. The van der Waals surface area contributed by atoms with E-state index in [4.69, 9.17) is 5.26 Å². The molecule has 0 heterocycles. The van der Waals surface area contributed by atoms with Crippen LogP contribution in [-0.2, 0) is 11.2 Å². The summed E-state index contributed by atoms with van der Waals surface area (Å²) in [7, 11) is 3.19. The molecule has 6 heteroatoms. The molecule has 0 saturated carbocycles. The first-order valence-corrected chi connectivity index (χ1v) is 6.67. The molecule has 2 amide bonds. The van der Waals surface area contributed by atoms with Crippen molar-refractivity contribution in [3.8, 4) is 6.07 Å². The third-order valence-corrected chi connectivity index (χ3v) is 3.79. The number of amides is 2. The topological polar surface area (TPSA) is 84.6 Å².